The Kier molecular flexibility index (Phi) is 5.65. The molecule has 100 valence electrons. The van der Waals surface area contributed by atoms with Gasteiger partial charge in [0, 0.05) is 0 Å². The topological polar surface area (TPSA) is 47.6 Å². The van der Waals surface area contributed by atoms with Gasteiger partial charge in [0.1, 0.15) is 11.3 Å². The van der Waals surface area contributed by atoms with Crippen molar-refractivity contribution < 1.29 is 14.3 Å². The van der Waals surface area contributed by atoms with Crippen molar-refractivity contribution in [3.05, 3.63) is 30.3 Å². The molecule has 0 amide bonds. The number of para-hydroxylation sites is 1. The van der Waals surface area contributed by atoms with E-state index >= 15 is 0 Å². The first-order valence-electron chi connectivity index (χ1n) is 6.07. The molecular weight excluding hydrogens is 230 g/mol. The van der Waals surface area contributed by atoms with E-state index in [1.165, 1.54) is 7.11 Å². The molecule has 0 radical (unpaired) electrons. The number of rotatable bonds is 7. The van der Waals surface area contributed by atoms with Crippen molar-refractivity contribution in [2.24, 2.45) is 0 Å². The molecule has 1 aromatic rings. The molecule has 1 N–H and O–H groups in total. The van der Waals surface area contributed by atoms with E-state index in [-0.39, 0.29) is 5.97 Å². The van der Waals surface area contributed by atoms with Crippen LogP contribution in [0.2, 0.25) is 0 Å². The third-order valence-corrected chi connectivity index (χ3v) is 3.02. The van der Waals surface area contributed by atoms with Gasteiger partial charge in [-0.1, -0.05) is 18.2 Å². The Morgan fingerprint density at radius 2 is 2.00 bits per heavy atom. The highest BCUT2D eigenvalue weighted by atomic mass is 16.5. The van der Waals surface area contributed by atoms with Crippen LogP contribution in [0.3, 0.4) is 0 Å². The van der Waals surface area contributed by atoms with Gasteiger partial charge < -0.3 is 14.8 Å². The lowest BCUT2D eigenvalue weighted by Gasteiger charge is -2.25. The Hall–Kier alpha value is -1.55. The molecular formula is C14H21NO3. The van der Waals surface area contributed by atoms with Crippen molar-refractivity contribution in [3.63, 3.8) is 0 Å². The number of esters is 1. The lowest BCUT2D eigenvalue weighted by molar-refractivity contribution is -0.148. The summed E-state index contributed by atoms with van der Waals surface area (Å²) in [5.41, 5.74) is -0.644. The average molecular weight is 251 g/mol. The molecule has 1 atom stereocenters. The van der Waals surface area contributed by atoms with E-state index in [4.69, 9.17) is 9.47 Å². The number of benzene rings is 1. The van der Waals surface area contributed by atoms with E-state index in [2.05, 4.69) is 5.32 Å². The first-order valence-corrected chi connectivity index (χ1v) is 6.07. The van der Waals surface area contributed by atoms with Crippen LogP contribution in [0.4, 0.5) is 0 Å². The van der Waals surface area contributed by atoms with Crippen LogP contribution in [-0.2, 0) is 9.53 Å². The lowest BCUT2D eigenvalue weighted by atomic mass is 9.96. The van der Waals surface area contributed by atoms with E-state index in [1.54, 1.807) is 7.05 Å². The summed E-state index contributed by atoms with van der Waals surface area (Å²) >= 11 is 0. The Bertz CT molecular complexity index is 367. The van der Waals surface area contributed by atoms with E-state index in [1.807, 2.05) is 37.3 Å². The third-order valence-electron chi connectivity index (χ3n) is 3.02. The molecule has 0 heterocycles. The highest BCUT2D eigenvalue weighted by Gasteiger charge is 2.31. The number of hydrogen-bond donors (Lipinski definition) is 1. The molecule has 0 saturated heterocycles. The SMILES string of the molecule is CNC(C)(CCCOc1ccccc1)C(=O)OC. The van der Waals surface area contributed by atoms with Crippen molar-refractivity contribution in [2.75, 3.05) is 20.8 Å². The summed E-state index contributed by atoms with van der Waals surface area (Å²) in [7, 11) is 3.16. The largest absolute Gasteiger partial charge is 0.494 e. The van der Waals surface area contributed by atoms with E-state index in [0.29, 0.717) is 13.0 Å². The summed E-state index contributed by atoms with van der Waals surface area (Å²) in [4.78, 5) is 11.6. The van der Waals surface area contributed by atoms with Crippen molar-refractivity contribution in [2.45, 2.75) is 25.3 Å². The Morgan fingerprint density at radius 3 is 2.56 bits per heavy atom. The predicted molar refractivity (Wildman–Crippen MR) is 70.7 cm³/mol. The second-order valence-electron chi connectivity index (χ2n) is 4.34. The third kappa shape index (κ3) is 4.04. The highest BCUT2D eigenvalue weighted by Crippen LogP contribution is 2.15. The molecule has 0 aliphatic heterocycles. The maximum absolute atomic E-state index is 11.6. The zero-order valence-corrected chi connectivity index (χ0v) is 11.2. The Balaban J connectivity index is 2.34. The maximum Gasteiger partial charge on any atom is 0.325 e. The van der Waals surface area contributed by atoms with Crippen molar-refractivity contribution in [1.29, 1.82) is 0 Å². The fraction of sp³-hybridized carbons (Fsp3) is 0.500. The van der Waals surface area contributed by atoms with Gasteiger partial charge in [0.15, 0.2) is 0 Å². The average Bonchev–Trinajstić information content (AvgIpc) is 2.43. The molecule has 0 spiro atoms. The van der Waals surface area contributed by atoms with Crippen LogP contribution < -0.4 is 10.1 Å². The summed E-state index contributed by atoms with van der Waals surface area (Å²) in [5.74, 6) is 0.603. The fourth-order valence-electron chi connectivity index (χ4n) is 1.69. The van der Waals surface area contributed by atoms with E-state index in [9.17, 15) is 4.79 Å². The number of carbonyl (C=O) groups excluding carboxylic acids is 1. The van der Waals surface area contributed by atoms with Gasteiger partial charge in [0.25, 0.3) is 0 Å². The van der Waals surface area contributed by atoms with Gasteiger partial charge in [-0.05, 0) is 38.9 Å². The number of nitrogens with one attached hydrogen (secondary N) is 1. The van der Waals surface area contributed by atoms with Crippen LogP contribution in [0.1, 0.15) is 19.8 Å². The molecule has 0 saturated carbocycles. The van der Waals surface area contributed by atoms with Gasteiger partial charge in [0.05, 0.1) is 13.7 Å². The molecule has 4 nitrogen and oxygen atoms in total. The van der Waals surface area contributed by atoms with Crippen molar-refractivity contribution in [3.8, 4) is 5.75 Å². The minimum Gasteiger partial charge on any atom is -0.494 e. The van der Waals surface area contributed by atoms with Gasteiger partial charge in [-0.2, -0.15) is 0 Å². The molecule has 1 aromatic carbocycles. The fourth-order valence-corrected chi connectivity index (χ4v) is 1.69. The number of likely N-dealkylation sites (N-methyl/N-ethyl adjacent to an activating group) is 1. The van der Waals surface area contributed by atoms with Crippen LogP contribution in [0, 0.1) is 0 Å². The lowest BCUT2D eigenvalue weighted by Crippen LogP contribution is -2.48. The minimum absolute atomic E-state index is 0.246. The zero-order valence-electron chi connectivity index (χ0n) is 11.2. The molecule has 0 bridgehead atoms. The molecule has 1 unspecified atom stereocenters. The van der Waals surface area contributed by atoms with Crippen molar-refractivity contribution in [1.82, 2.24) is 5.32 Å². The van der Waals surface area contributed by atoms with Crippen LogP contribution >= 0.6 is 0 Å². The molecule has 1 rings (SSSR count). The highest BCUT2D eigenvalue weighted by molar-refractivity contribution is 5.80. The molecule has 0 aliphatic carbocycles. The van der Waals surface area contributed by atoms with Gasteiger partial charge in [0.2, 0.25) is 0 Å². The summed E-state index contributed by atoms with van der Waals surface area (Å²) < 4.78 is 10.4. The van der Waals surface area contributed by atoms with Gasteiger partial charge >= 0.3 is 5.97 Å². The monoisotopic (exact) mass is 251 g/mol. The molecule has 18 heavy (non-hydrogen) atoms. The minimum atomic E-state index is -0.644. The van der Waals surface area contributed by atoms with Crippen LogP contribution in [0.15, 0.2) is 30.3 Å². The molecule has 4 heteroatoms. The first-order chi connectivity index (χ1) is 8.62. The molecule has 0 fully saturated rings. The maximum atomic E-state index is 11.6. The second kappa shape index (κ2) is 7.01. The number of carbonyl (C=O) groups is 1. The van der Waals surface area contributed by atoms with E-state index < -0.39 is 5.54 Å². The predicted octanol–water partition coefficient (Wildman–Crippen LogP) is 2.00. The van der Waals surface area contributed by atoms with Crippen LogP contribution in [0.5, 0.6) is 5.75 Å². The quantitative estimate of drug-likeness (QED) is 0.595. The molecule has 0 aliphatic rings. The normalized spacial score (nSPS) is 13.7. The van der Waals surface area contributed by atoms with Gasteiger partial charge in [-0.15, -0.1) is 0 Å². The Labute approximate surface area is 108 Å². The molecule has 0 aromatic heterocycles. The summed E-state index contributed by atoms with van der Waals surface area (Å²) in [6.45, 7) is 2.42. The van der Waals surface area contributed by atoms with Crippen LogP contribution in [-0.4, -0.2) is 32.3 Å². The van der Waals surface area contributed by atoms with Gasteiger partial charge in [-0.25, -0.2) is 0 Å². The number of methoxy groups -OCH3 is 1. The van der Waals surface area contributed by atoms with Crippen LogP contribution in [0.25, 0.3) is 0 Å². The van der Waals surface area contributed by atoms with E-state index in [0.717, 1.165) is 12.2 Å². The number of hydrogen-bond acceptors (Lipinski definition) is 4. The smallest absolute Gasteiger partial charge is 0.325 e. The summed E-state index contributed by atoms with van der Waals surface area (Å²) in [6, 6.07) is 9.64. The number of ether oxygens (including phenoxy) is 2. The zero-order chi connectivity index (χ0) is 13.4. The first kappa shape index (κ1) is 14.5. The summed E-state index contributed by atoms with van der Waals surface area (Å²) in [6.07, 6.45) is 1.45. The Morgan fingerprint density at radius 1 is 1.33 bits per heavy atom. The standard InChI is InChI=1S/C14H21NO3/c1-14(15-2,13(16)17-3)10-7-11-18-12-8-5-4-6-9-12/h4-6,8-9,15H,7,10-11H2,1-3H3. The second-order valence-corrected chi connectivity index (χ2v) is 4.34. The van der Waals surface area contributed by atoms with Gasteiger partial charge in [-0.3, -0.25) is 4.79 Å². The van der Waals surface area contributed by atoms with Crippen molar-refractivity contribution >= 4 is 5.97 Å². The summed E-state index contributed by atoms with van der Waals surface area (Å²) in [5, 5.41) is 3.00.